The monoisotopic (exact) mass is 365 g/mol. The van der Waals surface area contributed by atoms with Crippen molar-refractivity contribution >= 4 is 33.5 Å². The predicted molar refractivity (Wildman–Crippen MR) is 85.2 cm³/mol. The number of aromatic nitrogens is 1. The minimum absolute atomic E-state index is 0. The van der Waals surface area contributed by atoms with Crippen molar-refractivity contribution in [1.29, 1.82) is 0 Å². The van der Waals surface area contributed by atoms with Crippen LogP contribution < -0.4 is 15.8 Å². The predicted octanol–water partition coefficient (Wildman–Crippen LogP) is 0.532. The molecule has 1 saturated heterocycles. The summed E-state index contributed by atoms with van der Waals surface area (Å²) < 4.78 is 46.3. The molecule has 1 aromatic heterocycles. The molecule has 10 heteroatoms. The van der Waals surface area contributed by atoms with E-state index >= 15 is 0 Å². The summed E-state index contributed by atoms with van der Waals surface area (Å²) in [6.07, 6.45) is -0.649. The van der Waals surface area contributed by atoms with E-state index in [1.165, 1.54) is 29.8 Å². The number of rotatable bonds is 4. The maximum Gasteiger partial charge on any atom is 0.419 e. The summed E-state index contributed by atoms with van der Waals surface area (Å²) in [5.41, 5.74) is 0.722. The van der Waals surface area contributed by atoms with Crippen LogP contribution in [0.3, 0.4) is 0 Å². The zero-order valence-electron chi connectivity index (χ0n) is 12.3. The van der Waals surface area contributed by atoms with E-state index in [1.807, 2.05) is 0 Å². The molecule has 2 N–H and O–H groups in total. The number of hydrogen-bond donors (Lipinski definition) is 2. The maximum absolute atomic E-state index is 13.1. The number of alkyl halides is 1. The lowest BCUT2D eigenvalue weighted by Crippen LogP contribution is -2.37. The highest BCUT2D eigenvalue weighted by Gasteiger charge is 2.25. The molecule has 0 saturated carbocycles. The van der Waals surface area contributed by atoms with E-state index in [2.05, 4.69) is 10.0 Å². The standard InChI is InChI=1S/C13H16FN3O4S.ClH/c1-17-11-5-10(2-3-12(11)21-13(17)18)22(19,20)16-7-9-4-8(14)6-15-9;/h2-3,5,8-9,15-16H,4,6-7H2,1H3;1H/t8-,9-;/m0./s1. The van der Waals surface area contributed by atoms with E-state index < -0.39 is 22.0 Å². The Morgan fingerprint density at radius 2 is 2.22 bits per heavy atom. The van der Waals surface area contributed by atoms with Gasteiger partial charge < -0.3 is 9.73 Å². The molecule has 2 aromatic rings. The second-order valence-corrected chi connectivity index (χ2v) is 7.11. The number of oxazole rings is 1. The van der Waals surface area contributed by atoms with Gasteiger partial charge in [0.15, 0.2) is 5.58 Å². The Morgan fingerprint density at radius 3 is 2.87 bits per heavy atom. The van der Waals surface area contributed by atoms with Crippen LogP contribution in [0.5, 0.6) is 0 Å². The van der Waals surface area contributed by atoms with Crippen molar-refractivity contribution in [2.45, 2.75) is 23.5 Å². The van der Waals surface area contributed by atoms with Crippen LogP contribution in [-0.2, 0) is 17.1 Å². The molecule has 7 nitrogen and oxygen atoms in total. The lowest BCUT2D eigenvalue weighted by Gasteiger charge is -2.12. The van der Waals surface area contributed by atoms with E-state index in [0.29, 0.717) is 11.1 Å². The van der Waals surface area contributed by atoms with Crippen molar-refractivity contribution in [1.82, 2.24) is 14.6 Å². The molecular formula is C13H17ClFN3O4S. The first-order valence-electron chi connectivity index (χ1n) is 6.83. The Kier molecular flexibility index (Phi) is 5.14. The molecule has 0 bridgehead atoms. The van der Waals surface area contributed by atoms with Crippen molar-refractivity contribution in [3.8, 4) is 0 Å². The topological polar surface area (TPSA) is 93.3 Å². The summed E-state index contributed by atoms with van der Waals surface area (Å²) in [6.45, 7) is 0.362. The van der Waals surface area contributed by atoms with Gasteiger partial charge in [0.1, 0.15) is 6.17 Å². The number of halogens is 2. The van der Waals surface area contributed by atoms with Gasteiger partial charge in [-0.1, -0.05) is 0 Å². The van der Waals surface area contributed by atoms with Crippen LogP contribution in [0.15, 0.2) is 32.3 Å². The normalized spacial score (nSPS) is 21.5. The molecule has 0 aliphatic carbocycles. The first-order chi connectivity index (χ1) is 10.4. The fourth-order valence-corrected chi connectivity index (χ4v) is 3.59. The third-order valence-electron chi connectivity index (χ3n) is 3.76. The van der Waals surface area contributed by atoms with Crippen LogP contribution in [-0.4, -0.2) is 38.3 Å². The van der Waals surface area contributed by atoms with Crippen molar-refractivity contribution in [3.05, 3.63) is 28.7 Å². The average molecular weight is 366 g/mol. The fourth-order valence-electron chi connectivity index (χ4n) is 2.49. The first-order valence-corrected chi connectivity index (χ1v) is 8.32. The Labute approximate surface area is 138 Å². The summed E-state index contributed by atoms with van der Waals surface area (Å²) in [4.78, 5) is 11.5. The SMILES string of the molecule is Cl.Cn1c(=O)oc2ccc(S(=O)(=O)NC[C@@H]3C[C@H](F)CN3)cc21. The van der Waals surface area contributed by atoms with Crippen LogP contribution in [0.4, 0.5) is 4.39 Å². The molecular weight excluding hydrogens is 349 g/mol. The average Bonchev–Trinajstić information content (AvgIpc) is 3.01. The summed E-state index contributed by atoms with van der Waals surface area (Å²) in [5.74, 6) is -0.554. The molecule has 3 rings (SSSR count). The van der Waals surface area contributed by atoms with Crippen LogP contribution in [0.1, 0.15) is 6.42 Å². The van der Waals surface area contributed by atoms with Crippen LogP contribution in [0.2, 0.25) is 0 Å². The Morgan fingerprint density at radius 1 is 1.48 bits per heavy atom. The molecule has 1 aromatic carbocycles. The lowest BCUT2D eigenvalue weighted by atomic mass is 10.2. The van der Waals surface area contributed by atoms with Gasteiger partial charge in [-0.25, -0.2) is 22.3 Å². The number of fused-ring (bicyclic) bond motifs is 1. The highest BCUT2D eigenvalue weighted by molar-refractivity contribution is 7.89. The van der Waals surface area contributed by atoms with E-state index in [-0.39, 0.29) is 42.9 Å². The molecule has 2 heterocycles. The van der Waals surface area contributed by atoms with Crippen LogP contribution >= 0.6 is 12.4 Å². The Bertz CT molecular complexity index is 864. The van der Waals surface area contributed by atoms with Gasteiger partial charge >= 0.3 is 5.76 Å². The number of benzene rings is 1. The summed E-state index contributed by atoms with van der Waals surface area (Å²) in [5, 5.41) is 2.91. The number of sulfonamides is 1. The molecule has 0 unspecified atom stereocenters. The smallest absolute Gasteiger partial charge is 0.408 e. The van der Waals surface area contributed by atoms with Gasteiger partial charge in [0.05, 0.1) is 10.4 Å². The minimum Gasteiger partial charge on any atom is -0.408 e. The zero-order valence-corrected chi connectivity index (χ0v) is 13.9. The van der Waals surface area contributed by atoms with Crippen molar-refractivity contribution in [2.75, 3.05) is 13.1 Å². The maximum atomic E-state index is 13.1. The quantitative estimate of drug-likeness (QED) is 0.824. The first kappa shape index (κ1) is 17.9. The molecule has 1 aliphatic heterocycles. The van der Waals surface area contributed by atoms with Crippen LogP contribution in [0.25, 0.3) is 11.1 Å². The molecule has 2 atom stereocenters. The molecule has 0 amide bonds. The van der Waals surface area contributed by atoms with Crippen molar-refractivity contribution in [3.63, 3.8) is 0 Å². The number of nitrogens with zero attached hydrogens (tertiary/aromatic N) is 1. The summed E-state index contributed by atoms with van der Waals surface area (Å²) in [6, 6.07) is 3.97. The second-order valence-electron chi connectivity index (χ2n) is 5.35. The molecule has 0 spiro atoms. The van der Waals surface area contributed by atoms with Crippen molar-refractivity contribution < 1.29 is 17.2 Å². The van der Waals surface area contributed by atoms with E-state index in [9.17, 15) is 17.6 Å². The molecule has 0 radical (unpaired) electrons. The third-order valence-corrected chi connectivity index (χ3v) is 5.18. The van der Waals surface area contributed by atoms with Gasteiger partial charge in [0, 0.05) is 26.2 Å². The molecule has 1 aliphatic rings. The number of hydrogen-bond acceptors (Lipinski definition) is 5. The summed E-state index contributed by atoms with van der Waals surface area (Å²) >= 11 is 0. The van der Waals surface area contributed by atoms with Crippen LogP contribution in [0, 0.1) is 0 Å². The summed E-state index contributed by atoms with van der Waals surface area (Å²) in [7, 11) is -2.23. The third kappa shape index (κ3) is 3.57. The second kappa shape index (κ2) is 6.60. The van der Waals surface area contributed by atoms with Gasteiger partial charge in [0.2, 0.25) is 10.0 Å². The largest absolute Gasteiger partial charge is 0.419 e. The highest BCUT2D eigenvalue weighted by atomic mass is 35.5. The molecule has 1 fully saturated rings. The van der Waals surface area contributed by atoms with E-state index in [4.69, 9.17) is 4.42 Å². The van der Waals surface area contributed by atoms with Gasteiger partial charge in [-0.05, 0) is 24.6 Å². The van der Waals surface area contributed by atoms with Crippen molar-refractivity contribution in [2.24, 2.45) is 7.05 Å². The van der Waals surface area contributed by atoms with Gasteiger partial charge in [-0.3, -0.25) is 4.57 Å². The van der Waals surface area contributed by atoms with E-state index in [0.717, 1.165) is 0 Å². The molecule has 23 heavy (non-hydrogen) atoms. The number of aryl methyl sites for hydroxylation is 1. The minimum atomic E-state index is -3.73. The number of nitrogens with one attached hydrogen (secondary N) is 2. The zero-order chi connectivity index (χ0) is 15.9. The van der Waals surface area contributed by atoms with Gasteiger partial charge in [0.25, 0.3) is 0 Å². The molecule has 128 valence electrons. The van der Waals surface area contributed by atoms with Gasteiger partial charge in [-0.2, -0.15) is 0 Å². The van der Waals surface area contributed by atoms with Gasteiger partial charge in [-0.15, -0.1) is 12.4 Å². The highest BCUT2D eigenvalue weighted by Crippen LogP contribution is 2.18. The fraction of sp³-hybridized carbons (Fsp3) is 0.462. The van der Waals surface area contributed by atoms with E-state index in [1.54, 1.807) is 0 Å². The Hall–Kier alpha value is -1.42. The Balaban J connectivity index is 0.00000192. The lowest BCUT2D eigenvalue weighted by molar-refractivity contribution is 0.355.